The molecule has 3 aliphatic rings. The summed E-state index contributed by atoms with van der Waals surface area (Å²) in [7, 11) is 0. The van der Waals surface area contributed by atoms with Crippen LogP contribution in [0.5, 0.6) is 0 Å². The van der Waals surface area contributed by atoms with Gasteiger partial charge in [0.2, 0.25) is 5.91 Å². The molecule has 2 aliphatic heterocycles. The lowest BCUT2D eigenvalue weighted by molar-refractivity contribution is -0.136. The van der Waals surface area contributed by atoms with Gasteiger partial charge in [-0.15, -0.1) is 0 Å². The normalized spacial score (nSPS) is 26.9. The number of hydrogen-bond donors (Lipinski definition) is 1. The second kappa shape index (κ2) is 6.04. The van der Waals surface area contributed by atoms with Crippen molar-refractivity contribution in [1.82, 2.24) is 15.1 Å². The van der Waals surface area contributed by atoms with Crippen molar-refractivity contribution in [3.05, 3.63) is 36.7 Å². The number of H-pyrrole nitrogens is 1. The zero-order chi connectivity index (χ0) is 18.6. The molecule has 5 nitrogen and oxygen atoms in total. The first-order valence-corrected chi connectivity index (χ1v) is 9.55. The Morgan fingerprint density at radius 3 is 2.33 bits per heavy atom. The Morgan fingerprint density at radius 1 is 1.07 bits per heavy atom. The fraction of sp³-hybridized carbons (Fsp3) is 0.500. The van der Waals surface area contributed by atoms with Crippen LogP contribution in [0.15, 0.2) is 36.7 Å². The lowest BCUT2D eigenvalue weighted by Crippen LogP contribution is -2.43. The quantitative estimate of drug-likeness (QED) is 0.901. The maximum atomic E-state index is 13.3. The SMILES string of the molecule is O=C(C1CCN(c2ccc(-c3cn[nH]c3)cc2)CC1)N1CC2C(C1)C2(F)F. The molecule has 1 aromatic carbocycles. The number of nitrogens with zero attached hydrogens (tertiary/aromatic N) is 3. The molecule has 27 heavy (non-hydrogen) atoms. The number of amides is 1. The van der Waals surface area contributed by atoms with Gasteiger partial charge in [0.1, 0.15) is 0 Å². The summed E-state index contributed by atoms with van der Waals surface area (Å²) in [6.45, 7) is 2.12. The van der Waals surface area contributed by atoms with Gasteiger partial charge >= 0.3 is 0 Å². The maximum absolute atomic E-state index is 13.3. The number of carbonyl (C=O) groups excluding carboxylic acids is 1. The van der Waals surface area contributed by atoms with Gasteiger partial charge in [-0.25, -0.2) is 8.78 Å². The molecule has 3 fully saturated rings. The average Bonchev–Trinajstić information content (AvgIpc) is 3.20. The second-order valence-corrected chi connectivity index (χ2v) is 7.93. The van der Waals surface area contributed by atoms with E-state index >= 15 is 0 Å². The summed E-state index contributed by atoms with van der Waals surface area (Å²) < 4.78 is 26.7. The molecule has 5 rings (SSSR count). The molecule has 1 aliphatic carbocycles. The summed E-state index contributed by atoms with van der Waals surface area (Å²) in [5.74, 6) is -3.65. The summed E-state index contributed by atoms with van der Waals surface area (Å²) in [6.07, 6.45) is 5.23. The average molecular weight is 372 g/mol. The van der Waals surface area contributed by atoms with Gasteiger partial charge in [-0.2, -0.15) is 5.10 Å². The van der Waals surface area contributed by atoms with Crippen molar-refractivity contribution in [2.75, 3.05) is 31.1 Å². The van der Waals surface area contributed by atoms with Crippen LogP contribution in [0, 0.1) is 17.8 Å². The Hall–Kier alpha value is -2.44. The number of alkyl halides is 2. The molecule has 3 heterocycles. The molecule has 2 unspecified atom stereocenters. The van der Waals surface area contributed by atoms with Crippen LogP contribution >= 0.6 is 0 Å². The zero-order valence-corrected chi connectivity index (χ0v) is 14.9. The highest BCUT2D eigenvalue weighted by Crippen LogP contribution is 2.59. The predicted molar refractivity (Wildman–Crippen MR) is 97.5 cm³/mol. The van der Waals surface area contributed by atoms with Crippen LogP contribution in [0.25, 0.3) is 11.1 Å². The maximum Gasteiger partial charge on any atom is 0.258 e. The molecule has 2 saturated heterocycles. The standard InChI is InChI=1S/C20H22F2N4O/c21-20(22)17-11-26(12-18(17)20)19(27)14-5-7-25(8-6-14)16-3-1-13(2-4-16)15-9-23-24-10-15/h1-4,9-10,14,17-18H,5-8,11-12H2,(H,23,24). The summed E-state index contributed by atoms with van der Waals surface area (Å²) in [5.41, 5.74) is 3.32. The number of aromatic amines is 1. The number of benzene rings is 1. The van der Waals surface area contributed by atoms with Gasteiger partial charge in [-0.1, -0.05) is 12.1 Å². The highest BCUT2D eigenvalue weighted by molar-refractivity contribution is 5.80. The van der Waals surface area contributed by atoms with Crippen LogP contribution in [0.2, 0.25) is 0 Å². The minimum atomic E-state index is -2.53. The molecule has 0 spiro atoms. The van der Waals surface area contributed by atoms with E-state index in [-0.39, 0.29) is 24.9 Å². The predicted octanol–water partition coefficient (Wildman–Crippen LogP) is 3.02. The first-order chi connectivity index (χ1) is 13.0. The fourth-order valence-corrected chi connectivity index (χ4v) is 4.60. The van der Waals surface area contributed by atoms with Crippen LogP contribution in [0.4, 0.5) is 14.5 Å². The molecule has 142 valence electrons. The van der Waals surface area contributed by atoms with Crippen molar-refractivity contribution < 1.29 is 13.6 Å². The number of carbonyl (C=O) groups is 1. The largest absolute Gasteiger partial charge is 0.371 e. The summed E-state index contributed by atoms with van der Waals surface area (Å²) >= 11 is 0. The number of aromatic nitrogens is 2. The lowest BCUT2D eigenvalue weighted by Gasteiger charge is -2.35. The van der Waals surface area contributed by atoms with Crippen LogP contribution in [-0.2, 0) is 4.79 Å². The van der Waals surface area contributed by atoms with Gasteiger partial charge in [0, 0.05) is 49.5 Å². The molecule has 7 heteroatoms. The number of rotatable bonds is 3. The minimum Gasteiger partial charge on any atom is -0.371 e. The summed E-state index contributed by atoms with van der Waals surface area (Å²) in [5, 5.41) is 6.79. The van der Waals surface area contributed by atoms with Gasteiger partial charge in [0.05, 0.1) is 18.0 Å². The number of hydrogen-bond acceptors (Lipinski definition) is 3. The highest BCUT2D eigenvalue weighted by Gasteiger charge is 2.72. The monoisotopic (exact) mass is 372 g/mol. The van der Waals surface area contributed by atoms with E-state index in [1.54, 1.807) is 11.1 Å². The van der Waals surface area contributed by atoms with Crippen LogP contribution in [0.3, 0.4) is 0 Å². The Bertz CT molecular complexity index is 814. The van der Waals surface area contributed by atoms with Gasteiger partial charge < -0.3 is 9.80 Å². The number of halogens is 2. The third-order valence-corrected chi connectivity index (χ3v) is 6.42. The lowest BCUT2D eigenvalue weighted by atomic mass is 9.94. The number of nitrogens with one attached hydrogen (secondary N) is 1. The molecule has 1 saturated carbocycles. The van der Waals surface area contributed by atoms with Crippen molar-refractivity contribution in [3.8, 4) is 11.1 Å². The van der Waals surface area contributed by atoms with E-state index in [1.807, 2.05) is 6.20 Å². The second-order valence-electron chi connectivity index (χ2n) is 7.93. The molecule has 1 N–H and O–H groups in total. The summed E-state index contributed by atoms with van der Waals surface area (Å²) in [6, 6.07) is 8.35. The molecule has 1 aromatic heterocycles. The smallest absolute Gasteiger partial charge is 0.258 e. The molecule has 0 radical (unpaired) electrons. The third kappa shape index (κ3) is 2.80. The molecule has 1 amide bonds. The van der Waals surface area contributed by atoms with Crippen molar-refractivity contribution in [1.29, 1.82) is 0 Å². The first kappa shape index (κ1) is 16.7. The first-order valence-electron chi connectivity index (χ1n) is 9.55. The number of anilines is 1. The number of fused-ring (bicyclic) bond motifs is 1. The molecular formula is C20H22F2N4O. The van der Waals surface area contributed by atoms with Crippen molar-refractivity contribution in [3.63, 3.8) is 0 Å². The van der Waals surface area contributed by atoms with Gasteiger partial charge in [0.15, 0.2) is 0 Å². The molecule has 2 aromatic rings. The topological polar surface area (TPSA) is 52.2 Å². The fourth-order valence-electron chi connectivity index (χ4n) is 4.60. The minimum absolute atomic E-state index is 0.0300. The van der Waals surface area contributed by atoms with E-state index in [0.29, 0.717) is 0 Å². The van der Waals surface area contributed by atoms with Crippen LogP contribution < -0.4 is 4.90 Å². The van der Waals surface area contributed by atoms with Crippen LogP contribution in [-0.4, -0.2) is 53.1 Å². The van der Waals surface area contributed by atoms with E-state index in [0.717, 1.165) is 42.7 Å². The van der Waals surface area contributed by atoms with Crippen molar-refractivity contribution >= 4 is 11.6 Å². The molecule has 0 bridgehead atoms. The van der Waals surface area contributed by atoms with Crippen LogP contribution in [0.1, 0.15) is 12.8 Å². The molecular weight excluding hydrogens is 350 g/mol. The van der Waals surface area contributed by atoms with Gasteiger partial charge in [-0.05, 0) is 30.5 Å². The van der Waals surface area contributed by atoms with Crippen molar-refractivity contribution in [2.45, 2.75) is 18.8 Å². The zero-order valence-electron chi connectivity index (χ0n) is 14.9. The third-order valence-electron chi connectivity index (χ3n) is 6.42. The molecule has 2 atom stereocenters. The Labute approximate surface area is 156 Å². The van der Waals surface area contributed by atoms with E-state index < -0.39 is 17.8 Å². The van der Waals surface area contributed by atoms with Gasteiger partial charge in [0.25, 0.3) is 5.92 Å². The highest BCUT2D eigenvalue weighted by atomic mass is 19.3. The van der Waals surface area contributed by atoms with Crippen molar-refractivity contribution in [2.24, 2.45) is 17.8 Å². The van der Waals surface area contributed by atoms with E-state index in [1.165, 1.54) is 0 Å². The Morgan fingerprint density at radius 2 is 1.74 bits per heavy atom. The van der Waals surface area contributed by atoms with E-state index in [2.05, 4.69) is 39.4 Å². The van der Waals surface area contributed by atoms with E-state index in [9.17, 15) is 13.6 Å². The van der Waals surface area contributed by atoms with Gasteiger partial charge in [-0.3, -0.25) is 9.89 Å². The van der Waals surface area contributed by atoms with E-state index in [4.69, 9.17) is 0 Å². The Kier molecular flexibility index (Phi) is 3.74. The number of likely N-dealkylation sites (tertiary alicyclic amines) is 1. The number of piperidine rings is 2. The summed E-state index contributed by atoms with van der Waals surface area (Å²) in [4.78, 5) is 16.6. The Balaban J connectivity index is 1.17.